The van der Waals surface area contributed by atoms with Crippen molar-refractivity contribution in [2.24, 2.45) is 5.92 Å². The third-order valence-electron chi connectivity index (χ3n) is 7.64. The predicted octanol–water partition coefficient (Wildman–Crippen LogP) is 3.72. The van der Waals surface area contributed by atoms with Crippen LogP contribution in [0.25, 0.3) is 27.8 Å². The maximum Gasteiger partial charge on any atom is 0.326 e. The number of likely N-dealkylation sites (tertiary alicyclic amines) is 1. The molecule has 0 unspecified atom stereocenters. The molecule has 0 spiro atoms. The van der Waals surface area contributed by atoms with Gasteiger partial charge in [-0.25, -0.2) is 14.3 Å². The molecule has 4 aromatic rings. The molecule has 0 amide bonds. The van der Waals surface area contributed by atoms with Gasteiger partial charge in [-0.15, -0.1) is 0 Å². The molecule has 34 heavy (non-hydrogen) atoms. The van der Waals surface area contributed by atoms with Crippen LogP contribution in [-0.2, 0) is 4.74 Å². The normalized spacial score (nSPS) is 20.5. The Morgan fingerprint density at radius 2 is 1.97 bits per heavy atom. The van der Waals surface area contributed by atoms with Crippen molar-refractivity contribution in [1.82, 2.24) is 29.0 Å². The fourth-order valence-electron chi connectivity index (χ4n) is 5.89. The van der Waals surface area contributed by atoms with Crippen LogP contribution in [0.4, 0.5) is 0 Å². The molecular weight excluding hydrogens is 428 g/mol. The number of piperidine rings is 1. The number of pyridine rings is 1. The summed E-state index contributed by atoms with van der Waals surface area (Å²) in [6.07, 6.45) is 8.05. The minimum absolute atomic E-state index is 0.00706. The first-order chi connectivity index (χ1) is 16.6. The Morgan fingerprint density at radius 3 is 2.82 bits per heavy atom. The lowest BCUT2D eigenvalue weighted by molar-refractivity contribution is 0.0459. The topological polar surface area (TPSA) is 80.5 Å². The number of fused-ring (bicyclic) bond motifs is 2. The molecule has 2 saturated heterocycles. The number of hydrogen-bond donors (Lipinski definition) is 1. The lowest BCUT2D eigenvalue weighted by Gasteiger charge is -2.36. The SMILES string of the molecule is Cc1cc2c(cc1-c1cc(C)c3ncnn3c1)[nH]c(=O)n2[C@@H]1CCCN(CC2CCOCC2)C1. The lowest BCUT2D eigenvalue weighted by Crippen LogP contribution is -2.42. The number of aromatic amines is 1. The molecule has 8 heteroatoms. The first-order valence-electron chi connectivity index (χ1n) is 12.4. The Bertz CT molecular complexity index is 1390. The summed E-state index contributed by atoms with van der Waals surface area (Å²) in [4.78, 5) is 23.2. The van der Waals surface area contributed by atoms with Gasteiger partial charge in [-0.05, 0) is 86.9 Å². The highest BCUT2D eigenvalue weighted by Crippen LogP contribution is 2.31. The van der Waals surface area contributed by atoms with Gasteiger partial charge in [-0.1, -0.05) is 0 Å². The van der Waals surface area contributed by atoms with Gasteiger partial charge in [-0.2, -0.15) is 5.10 Å². The van der Waals surface area contributed by atoms with Gasteiger partial charge in [0.25, 0.3) is 0 Å². The van der Waals surface area contributed by atoms with Crippen molar-refractivity contribution in [1.29, 1.82) is 0 Å². The molecule has 2 aliphatic rings. The van der Waals surface area contributed by atoms with Gasteiger partial charge >= 0.3 is 5.69 Å². The van der Waals surface area contributed by atoms with Crippen LogP contribution in [0, 0.1) is 19.8 Å². The van der Waals surface area contributed by atoms with Crippen molar-refractivity contribution >= 4 is 16.7 Å². The second-order valence-corrected chi connectivity index (χ2v) is 10.0. The second-order valence-electron chi connectivity index (χ2n) is 10.0. The standard InChI is InChI=1S/C26H32N6O2/c1-17-11-24-23(12-22(17)20-10-18(2)25-27-16-28-31(25)14-20)29-26(33)32(24)21-4-3-7-30(15-21)13-19-5-8-34-9-6-19/h10-12,14,16,19,21H,3-9,13,15H2,1-2H3,(H,29,33)/t21-/m1/s1. The predicted molar refractivity (Wildman–Crippen MR) is 132 cm³/mol. The van der Waals surface area contributed by atoms with Crippen molar-refractivity contribution in [2.75, 3.05) is 32.8 Å². The average molecular weight is 461 g/mol. The Balaban J connectivity index is 1.32. The number of benzene rings is 1. The first kappa shape index (κ1) is 21.6. The molecule has 0 aliphatic carbocycles. The zero-order valence-electron chi connectivity index (χ0n) is 20.0. The largest absolute Gasteiger partial charge is 0.381 e. The average Bonchev–Trinajstić information content (AvgIpc) is 3.43. The van der Waals surface area contributed by atoms with E-state index >= 15 is 0 Å². The number of H-pyrrole nitrogens is 1. The zero-order valence-corrected chi connectivity index (χ0v) is 20.0. The van der Waals surface area contributed by atoms with Gasteiger partial charge in [0.1, 0.15) is 6.33 Å². The molecule has 1 N–H and O–H groups in total. The van der Waals surface area contributed by atoms with E-state index in [9.17, 15) is 4.79 Å². The van der Waals surface area contributed by atoms with Gasteiger partial charge in [0.05, 0.1) is 17.1 Å². The van der Waals surface area contributed by atoms with Gasteiger partial charge in [0.15, 0.2) is 5.65 Å². The minimum atomic E-state index is -0.00706. The summed E-state index contributed by atoms with van der Waals surface area (Å²) >= 11 is 0. The van der Waals surface area contributed by atoms with Crippen molar-refractivity contribution in [3.8, 4) is 11.1 Å². The number of nitrogens with one attached hydrogen (secondary N) is 1. The van der Waals surface area contributed by atoms with E-state index in [0.717, 1.165) is 97.5 Å². The number of nitrogens with zero attached hydrogens (tertiary/aromatic N) is 5. The van der Waals surface area contributed by atoms with E-state index in [2.05, 4.69) is 52.0 Å². The molecular formula is C26H32N6O2. The maximum absolute atomic E-state index is 13.1. The summed E-state index contributed by atoms with van der Waals surface area (Å²) in [6, 6.07) is 6.63. The summed E-state index contributed by atoms with van der Waals surface area (Å²) in [5.74, 6) is 0.711. The van der Waals surface area contributed by atoms with Crippen LogP contribution in [0.1, 0.15) is 42.9 Å². The highest BCUT2D eigenvalue weighted by molar-refractivity contribution is 5.84. The van der Waals surface area contributed by atoms with E-state index in [-0.39, 0.29) is 11.7 Å². The summed E-state index contributed by atoms with van der Waals surface area (Å²) in [6.45, 7) is 9.12. The third-order valence-corrected chi connectivity index (χ3v) is 7.64. The first-order valence-corrected chi connectivity index (χ1v) is 12.4. The highest BCUT2D eigenvalue weighted by Gasteiger charge is 2.27. The molecule has 1 aromatic carbocycles. The molecule has 6 rings (SSSR count). The van der Waals surface area contributed by atoms with E-state index in [0.29, 0.717) is 5.92 Å². The van der Waals surface area contributed by atoms with Crippen LogP contribution in [0.15, 0.2) is 35.5 Å². The number of aromatic nitrogens is 5. The van der Waals surface area contributed by atoms with E-state index in [1.165, 1.54) is 0 Å². The number of ether oxygens (including phenoxy) is 1. The Hall–Kier alpha value is -2.97. The van der Waals surface area contributed by atoms with E-state index in [1.807, 2.05) is 15.3 Å². The van der Waals surface area contributed by atoms with Gasteiger partial charge in [0.2, 0.25) is 0 Å². The van der Waals surface area contributed by atoms with Crippen molar-refractivity contribution in [3.05, 3.63) is 52.3 Å². The zero-order chi connectivity index (χ0) is 23.2. The summed E-state index contributed by atoms with van der Waals surface area (Å²) < 4.78 is 9.36. The molecule has 3 aromatic heterocycles. The summed E-state index contributed by atoms with van der Waals surface area (Å²) in [5, 5.41) is 4.32. The minimum Gasteiger partial charge on any atom is -0.381 e. The van der Waals surface area contributed by atoms with Crippen LogP contribution in [0.3, 0.4) is 0 Å². The molecule has 0 saturated carbocycles. The molecule has 1 atom stereocenters. The smallest absolute Gasteiger partial charge is 0.326 e. The van der Waals surface area contributed by atoms with E-state index < -0.39 is 0 Å². The second kappa shape index (κ2) is 8.67. The molecule has 2 fully saturated rings. The molecule has 5 heterocycles. The molecule has 0 radical (unpaired) electrons. The van der Waals surface area contributed by atoms with Crippen LogP contribution in [-0.4, -0.2) is 61.9 Å². The molecule has 178 valence electrons. The number of imidazole rings is 1. The van der Waals surface area contributed by atoms with Crippen LogP contribution in [0.5, 0.6) is 0 Å². The van der Waals surface area contributed by atoms with E-state index in [1.54, 1.807) is 6.33 Å². The Kier molecular flexibility index (Phi) is 5.50. The van der Waals surface area contributed by atoms with Crippen molar-refractivity contribution < 1.29 is 4.74 Å². The highest BCUT2D eigenvalue weighted by atomic mass is 16.5. The summed E-state index contributed by atoms with van der Waals surface area (Å²) in [7, 11) is 0. The lowest BCUT2D eigenvalue weighted by atomic mass is 9.97. The molecule has 8 nitrogen and oxygen atoms in total. The Morgan fingerprint density at radius 1 is 1.12 bits per heavy atom. The van der Waals surface area contributed by atoms with Gasteiger partial charge < -0.3 is 14.6 Å². The van der Waals surface area contributed by atoms with Crippen molar-refractivity contribution in [2.45, 2.75) is 45.6 Å². The monoisotopic (exact) mass is 460 g/mol. The van der Waals surface area contributed by atoms with Crippen LogP contribution in [0.2, 0.25) is 0 Å². The van der Waals surface area contributed by atoms with Crippen molar-refractivity contribution in [3.63, 3.8) is 0 Å². The number of hydrogen-bond acceptors (Lipinski definition) is 5. The third kappa shape index (κ3) is 3.84. The summed E-state index contributed by atoms with van der Waals surface area (Å²) in [5.41, 5.74) is 7.15. The van der Waals surface area contributed by atoms with E-state index in [4.69, 9.17) is 4.74 Å². The quantitative estimate of drug-likeness (QED) is 0.502. The molecule has 2 aliphatic heterocycles. The van der Waals surface area contributed by atoms with Gasteiger partial charge in [-0.3, -0.25) is 4.57 Å². The fraction of sp³-hybridized carbons (Fsp3) is 0.500. The van der Waals surface area contributed by atoms with Crippen LogP contribution >= 0.6 is 0 Å². The number of aryl methyl sites for hydroxylation is 2. The van der Waals surface area contributed by atoms with Crippen LogP contribution < -0.4 is 5.69 Å². The Labute approximate surface area is 198 Å². The maximum atomic E-state index is 13.1. The number of rotatable bonds is 4. The fourth-order valence-corrected chi connectivity index (χ4v) is 5.89. The molecule has 0 bridgehead atoms. The van der Waals surface area contributed by atoms with Gasteiger partial charge in [0, 0.05) is 38.1 Å².